The molecular formula is C8H10NO4-. The smallest absolute Gasteiger partial charge is 0.307 e. The lowest BCUT2D eigenvalue weighted by Gasteiger charge is -2.20. The van der Waals surface area contributed by atoms with Crippen LogP contribution in [0.25, 0.3) is 0 Å². The normalized spacial score (nSPS) is 13.9. The van der Waals surface area contributed by atoms with Gasteiger partial charge in [-0.15, -0.1) is 0 Å². The van der Waals surface area contributed by atoms with Crippen molar-refractivity contribution in [3.63, 3.8) is 0 Å². The molecule has 0 saturated heterocycles. The van der Waals surface area contributed by atoms with Crippen LogP contribution in [0.15, 0.2) is 0 Å². The molecule has 0 heterocycles. The van der Waals surface area contributed by atoms with Gasteiger partial charge in [0.05, 0.1) is 25.1 Å². The van der Waals surface area contributed by atoms with Gasteiger partial charge in [0, 0.05) is 0 Å². The number of nitriles is 1. The quantitative estimate of drug-likeness (QED) is 0.534. The molecule has 0 aliphatic rings. The van der Waals surface area contributed by atoms with Gasteiger partial charge in [-0.05, 0) is 13.8 Å². The van der Waals surface area contributed by atoms with Crippen LogP contribution in [-0.2, 0) is 14.3 Å². The fraction of sp³-hybridized carbons (Fsp3) is 0.625. The molecule has 1 unspecified atom stereocenters. The zero-order chi connectivity index (χ0) is 10.5. The van der Waals surface area contributed by atoms with E-state index < -0.39 is 23.8 Å². The third-order valence-corrected chi connectivity index (χ3v) is 1.50. The molecule has 0 fully saturated rings. The summed E-state index contributed by atoms with van der Waals surface area (Å²) in [4.78, 5) is 21.3. The number of carbonyl (C=O) groups excluding carboxylic acids is 2. The molecule has 0 N–H and O–H groups in total. The Hall–Kier alpha value is -1.57. The number of carboxylic acids is 1. The van der Waals surface area contributed by atoms with Gasteiger partial charge in [-0.3, -0.25) is 4.79 Å². The maximum atomic E-state index is 10.9. The summed E-state index contributed by atoms with van der Waals surface area (Å²) in [7, 11) is 0. The van der Waals surface area contributed by atoms with Crippen molar-refractivity contribution < 1.29 is 19.4 Å². The first-order valence-corrected chi connectivity index (χ1v) is 3.74. The number of rotatable bonds is 4. The predicted molar refractivity (Wildman–Crippen MR) is 40.0 cm³/mol. The minimum atomic E-state index is -1.80. The van der Waals surface area contributed by atoms with Gasteiger partial charge in [-0.25, -0.2) is 0 Å². The minimum Gasteiger partial charge on any atom is -0.548 e. The molecule has 0 aromatic carbocycles. The SMILES string of the molecule is CCOC(=O)CC(C)(C#N)C(=O)[O-]. The summed E-state index contributed by atoms with van der Waals surface area (Å²) in [5.74, 6) is -2.28. The van der Waals surface area contributed by atoms with E-state index in [9.17, 15) is 14.7 Å². The van der Waals surface area contributed by atoms with Crippen LogP contribution < -0.4 is 5.11 Å². The second kappa shape index (κ2) is 4.45. The molecule has 13 heavy (non-hydrogen) atoms. The third kappa shape index (κ3) is 3.11. The van der Waals surface area contributed by atoms with Crippen molar-refractivity contribution in [1.82, 2.24) is 0 Å². The highest BCUT2D eigenvalue weighted by Gasteiger charge is 2.29. The molecular weight excluding hydrogens is 174 g/mol. The van der Waals surface area contributed by atoms with E-state index in [0.717, 1.165) is 6.92 Å². The number of carboxylic acid groups (broad SMARTS) is 1. The van der Waals surface area contributed by atoms with Crippen LogP contribution in [0.1, 0.15) is 20.3 Å². The molecule has 0 aliphatic carbocycles. The first kappa shape index (κ1) is 11.4. The highest BCUT2D eigenvalue weighted by molar-refractivity contribution is 5.83. The Morgan fingerprint density at radius 1 is 1.62 bits per heavy atom. The fourth-order valence-electron chi connectivity index (χ4n) is 0.658. The van der Waals surface area contributed by atoms with Gasteiger partial charge in [0.1, 0.15) is 5.41 Å². The van der Waals surface area contributed by atoms with Gasteiger partial charge < -0.3 is 14.6 Å². The maximum absolute atomic E-state index is 10.9. The van der Waals surface area contributed by atoms with Crippen molar-refractivity contribution in [2.45, 2.75) is 20.3 Å². The topological polar surface area (TPSA) is 90.2 Å². The van der Waals surface area contributed by atoms with Crippen molar-refractivity contribution in [1.29, 1.82) is 5.26 Å². The number of esters is 1. The van der Waals surface area contributed by atoms with Crippen molar-refractivity contribution in [2.75, 3.05) is 6.61 Å². The molecule has 0 aromatic heterocycles. The van der Waals surface area contributed by atoms with Gasteiger partial charge in [0.25, 0.3) is 0 Å². The summed E-state index contributed by atoms with van der Waals surface area (Å²) in [5.41, 5.74) is -1.80. The van der Waals surface area contributed by atoms with Crippen LogP contribution in [0.4, 0.5) is 0 Å². The van der Waals surface area contributed by atoms with Crippen LogP contribution in [0, 0.1) is 16.7 Å². The molecule has 0 radical (unpaired) electrons. The van der Waals surface area contributed by atoms with Crippen molar-refractivity contribution in [3.8, 4) is 6.07 Å². The fourth-order valence-corrected chi connectivity index (χ4v) is 0.658. The van der Waals surface area contributed by atoms with Crippen LogP contribution in [0.2, 0.25) is 0 Å². The van der Waals surface area contributed by atoms with Gasteiger partial charge in [-0.2, -0.15) is 5.26 Å². The molecule has 0 saturated carbocycles. The van der Waals surface area contributed by atoms with E-state index in [1.165, 1.54) is 6.07 Å². The second-order valence-electron chi connectivity index (χ2n) is 2.71. The molecule has 5 nitrogen and oxygen atoms in total. The van der Waals surface area contributed by atoms with E-state index in [0.29, 0.717) is 0 Å². The van der Waals surface area contributed by atoms with E-state index in [2.05, 4.69) is 4.74 Å². The Balaban J connectivity index is 4.39. The summed E-state index contributed by atoms with van der Waals surface area (Å²) in [5, 5.41) is 18.9. The Labute approximate surface area is 75.9 Å². The number of hydrogen-bond acceptors (Lipinski definition) is 5. The molecule has 0 aromatic rings. The van der Waals surface area contributed by atoms with Gasteiger partial charge in [-0.1, -0.05) is 0 Å². The van der Waals surface area contributed by atoms with Gasteiger partial charge in [0.2, 0.25) is 0 Å². The minimum absolute atomic E-state index is 0.160. The highest BCUT2D eigenvalue weighted by Crippen LogP contribution is 2.19. The van der Waals surface area contributed by atoms with E-state index >= 15 is 0 Å². The Morgan fingerprint density at radius 3 is 2.46 bits per heavy atom. The molecule has 1 atom stereocenters. The maximum Gasteiger partial charge on any atom is 0.307 e. The highest BCUT2D eigenvalue weighted by atomic mass is 16.5. The number of hydrogen-bond donors (Lipinski definition) is 0. The summed E-state index contributed by atoms with van der Waals surface area (Å²) in [6.45, 7) is 2.88. The molecule has 72 valence electrons. The lowest BCUT2D eigenvalue weighted by molar-refractivity contribution is -0.315. The summed E-state index contributed by atoms with van der Waals surface area (Å²) >= 11 is 0. The number of ether oxygens (including phenoxy) is 1. The molecule has 0 aliphatic heterocycles. The van der Waals surface area contributed by atoms with Crippen molar-refractivity contribution in [2.24, 2.45) is 5.41 Å². The van der Waals surface area contributed by atoms with Gasteiger partial charge in [0.15, 0.2) is 0 Å². The largest absolute Gasteiger partial charge is 0.548 e. The van der Waals surface area contributed by atoms with Crippen LogP contribution in [0.5, 0.6) is 0 Å². The molecule has 5 heteroatoms. The molecule has 0 spiro atoms. The number of aliphatic carboxylic acids is 1. The number of nitrogens with zero attached hydrogens (tertiary/aromatic N) is 1. The molecule has 0 amide bonds. The Kier molecular flexibility index (Phi) is 3.92. The van der Waals surface area contributed by atoms with E-state index in [4.69, 9.17) is 5.26 Å². The first-order valence-electron chi connectivity index (χ1n) is 3.74. The average Bonchev–Trinajstić information content (AvgIpc) is 2.04. The summed E-state index contributed by atoms with van der Waals surface area (Å²) < 4.78 is 4.51. The zero-order valence-electron chi connectivity index (χ0n) is 7.49. The van der Waals surface area contributed by atoms with Crippen LogP contribution in [-0.4, -0.2) is 18.5 Å². The first-order chi connectivity index (χ1) is 5.96. The Bertz CT molecular complexity index is 255. The summed E-state index contributed by atoms with van der Waals surface area (Å²) in [6, 6.07) is 1.50. The van der Waals surface area contributed by atoms with Crippen LogP contribution in [0.3, 0.4) is 0 Å². The van der Waals surface area contributed by atoms with Crippen LogP contribution >= 0.6 is 0 Å². The standard InChI is InChI=1S/C8H11NO4/c1-3-13-6(10)4-8(2,5-9)7(11)12/h3-4H2,1-2H3,(H,11,12)/p-1. The lowest BCUT2D eigenvalue weighted by Crippen LogP contribution is -2.41. The third-order valence-electron chi connectivity index (χ3n) is 1.50. The van der Waals surface area contributed by atoms with E-state index in [1.54, 1.807) is 6.92 Å². The van der Waals surface area contributed by atoms with E-state index in [-0.39, 0.29) is 6.61 Å². The van der Waals surface area contributed by atoms with Crippen molar-refractivity contribution >= 4 is 11.9 Å². The van der Waals surface area contributed by atoms with Gasteiger partial charge >= 0.3 is 5.97 Å². The Morgan fingerprint density at radius 2 is 2.15 bits per heavy atom. The average molecular weight is 184 g/mol. The predicted octanol–water partition coefficient (Wildman–Crippen LogP) is -0.781. The molecule has 0 rings (SSSR count). The number of carbonyl (C=O) groups is 2. The van der Waals surface area contributed by atoms with Crippen molar-refractivity contribution in [3.05, 3.63) is 0 Å². The lowest BCUT2D eigenvalue weighted by atomic mass is 9.89. The zero-order valence-corrected chi connectivity index (χ0v) is 7.49. The summed E-state index contributed by atoms with van der Waals surface area (Å²) in [6.07, 6.45) is -0.486. The van der Waals surface area contributed by atoms with E-state index in [1.807, 2.05) is 0 Å². The second-order valence-corrected chi connectivity index (χ2v) is 2.71. The monoisotopic (exact) mass is 184 g/mol. The molecule has 0 bridgehead atoms.